The van der Waals surface area contributed by atoms with Gasteiger partial charge >= 0.3 is 0 Å². The van der Waals surface area contributed by atoms with E-state index in [4.69, 9.17) is 4.74 Å². The molecule has 0 aliphatic carbocycles. The van der Waals surface area contributed by atoms with E-state index in [1.54, 1.807) is 29.9 Å². The first-order valence-electron chi connectivity index (χ1n) is 8.88. The van der Waals surface area contributed by atoms with E-state index in [0.717, 1.165) is 39.6 Å². The van der Waals surface area contributed by atoms with Crippen molar-refractivity contribution < 1.29 is 4.74 Å². The predicted molar refractivity (Wildman–Crippen MR) is 109 cm³/mol. The minimum Gasteiger partial charge on any atom is -0.487 e. The molecule has 0 unspecified atom stereocenters. The summed E-state index contributed by atoms with van der Waals surface area (Å²) in [7, 11) is 0. The Morgan fingerprint density at radius 1 is 1.15 bits per heavy atom. The molecular weight excluding hydrogens is 358 g/mol. The van der Waals surface area contributed by atoms with Gasteiger partial charge in [-0.3, -0.25) is 10.1 Å². The molecule has 1 aromatic carbocycles. The summed E-state index contributed by atoms with van der Waals surface area (Å²) in [6, 6.07) is 8.19. The molecule has 0 spiro atoms. The number of aromatic amines is 1. The fourth-order valence-corrected chi connectivity index (χ4v) is 3.50. The Kier molecular flexibility index (Phi) is 5.02. The topological polar surface area (TPSA) is 75.7 Å². The maximum Gasteiger partial charge on any atom is 0.188 e. The van der Waals surface area contributed by atoms with Crippen molar-refractivity contribution in [2.75, 3.05) is 5.32 Å². The summed E-state index contributed by atoms with van der Waals surface area (Å²) in [5.41, 5.74) is 3.19. The highest BCUT2D eigenvalue weighted by molar-refractivity contribution is 7.13. The fourth-order valence-electron chi connectivity index (χ4n) is 2.97. The molecule has 3 aromatic heterocycles. The van der Waals surface area contributed by atoms with E-state index in [1.807, 2.05) is 17.5 Å². The van der Waals surface area contributed by atoms with Crippen LogP contribution in [-0.4, -0.2) is 20.2 Å². The minimum atomic E-state index is 0.483. The van der Waals surface area contributed by atoms with E-state index in [-0.39, 0.29) is 0 Å². The summed E-state index contributed by atoms with van der Waals surface area (Å²) in [5.74, 6) is 2.12. The SMILES string of the molecule is CC(C)Cc1cc(OCc2ccncc2)c2[nH]nc(Nc3nccs3)c2c1. The Bertz CT molecular complexity index is 1010. The molecule has 0 atom stereocenters. The van der Waals surface area contributed by atoms with Crippen LogP contribution >= 0.6 is 11.3 Å². The van der Waals surface area contributed by atoms with E-state index in [2.05, 4.69) is 51.5 Å². The van der Waals surface area contributed by atoms with Crippen LogP contribution in [0, 0.1) is 5.92 Å². The van der Waals surface area contributed by atoms with Gasteiger partial charge in [-0.25, -0.2) is 4.98 Å². The number of thiazole rings is 1. The van der Waals surface area contributed by atoms with Gasteiger partial charge in [-0.1, -0.05) is 13.8 Å². The monoisotopic (exact) mass is 379 g/mol. The van der Waals surface area contributed by atoms with Crippen LogP contribution in [0.1, 0.15) is 25.0 Å². The molecule has 0 radical (unpaired) electrons. The number of hydrogen-bond donors (Lipinski definition) is 2. The number of H-pyrrole nitrogens is 1. The molecule has 2 N–H and O–H groups in total. The number of ether oxygens (including phenoxy) is 1. The Morgan fingerprint density at radius 3 is 2.74 bits per heavy atom. The van der Waals surface area contributed by atoms with Crippen molar-refractivity contribution in [3.8, 4) is 5.75 Å². The van der Waals surface area contributed by atoms with Crippen LogP contribution in [0.3, 0.4) is 0 Å². The average Bonchev–Trinajstić information content (AvgIpc) is 3.31. The molecule has 0 fully saturated rings. The Balaban J connectivity index is 1.68. The van der Waals surface area contributed by atoms with E-state index < -0.39 is 0 Å². The third-order valence-electron chi connectivity index (χ3n) is 4.14. The van der Waals surface area contributed by atoms with Gasteiger partial charge in [0.25, 0.3) is 0 Å². The van der Waals surface area contributed by atoms with Crippen LogP contribution in [0.4, 0.5) is 10.9 Å². The zero-order chi connectivity index (χ0) is 18.6. The molecule has 4 rings (SSSR count). The zero-order valence-electron chi connectivity index (χ0n) is 15.3. The van der Waals surface area contributed by atoms with E-state index >= 15 is 0 Å². The summed E-state index contributed by atoms with van der Waals surface area (Å²) < 4.78 is 6.14. The van der Waals surface area contributed by atoms with Crippen molar-refractivity contribution in [1.29, 1.82) is 0 Å². The molecule has 0 saturated carbocycles. The number of nitrogens with zero attached hydrogens (tertiary/aromatic N) is 3. The molecular formula is C20H21N5OS. The first kappa shape index (κ1) is 17.5. The molecule has 0 aliphatic heterocycles. The van der Waals surface area contributed by atoms with Crippen LogP contribution in [0.25, 0.3) is 10.9 Å². The molecule has 4 aromatic rings. The standard InChI is InChI=1S/C20H21N5OS/c1-13(2)9-15-10-16-18(24-25-19(16)23-20-22-7-8-27-20)17(11-15)26-12-14-3-5-21-6-4-14/h3-8,10-11,13H,9,12H2,1-2H3,(H2,22,23,24,25). The number of anilines is 2. The van der Waals surface area contributed by atoms with Gasteiger partial charge in [-0.2, -0.15) is 5.10 Å². The molecule has 0 saturated heterocycles. The summed E-state index contributed by atoms with van der Waals surface area (Å²) in [5, 5.41) is 14.6. The second-order valence-electron chi connectivity index (χ2n) is 6.79. The van der Waals surface area contributed by atoms with Gasteiger partial charge in [0.1, 0.15) is 17.9 Å². The average molecular weight is 379 g/mol. The predicted octanol–water partition coefficient (Wildman–Crippen LogP) is 4.94. The van der Waals surface area contributed by atoms with Crippen molar-refractivity contribution >= 4 is 33.2 Å². The number of benzene rings is 1. The summed E-state index contributed by atoms with van der Waals surface area (Å²) >= 11 is 1.54. The highest BCUT2D eigenvalue weighted by Crippen LogP contribution is 2.33. The summed E-state index contributed by atoms with van der Waals surface area (Å²) in [6.45, 7) is 4.91. The highest BCUT2D eigenvalue weighted by Gasteiger charge is 2.14. The van der Waals surface area contributed by atoms with Crippen molar-refractivity contribution in [1.82, 2.24) is 20.2 Å². The van der Waals surface area contributed by atoms with Gasteiger partial charge in [0.2, 0.25) is 0 Å². The lowest BCUT2D eigenvalue weighted by Crippen LogP contribution is -1.99. The smallest absolute Gasteiger partial charge is 0.188 e. The van der Waals surface area contributed by atoms with Crippen molar-refractivity contribution in [3.63, 3.8) is 0 Å². The lowest BCUT2D eigenvalue weighted by molar-refractivity contribution is 0.309. The molecule has 138 valence electrons. The van der Waals surface area contributed by atoms with E-state index in [0.29, 0.717) is 12.5 Å². The second kappa shape index (κ2) is 7.75. The number of aromatic nitrogens is 4. The van der Waals surface area contributed by atoms with Gasteiger partial charge in [0.05, 0.1) is 0 Å². The van der Waals surface area contributed by atoms with E-state index in [9.17, 15) is 0 Å². The molecule has 27 heavy (non-hydrogen) atoms. The lowest BCUT2D eigenvalue weighted by Gasteiger charge is -2.11. The summed E-state index contributed by atoms with van der Waals surface area (Å²) in [4.78, 5) is 8.33. The van der Waals surface area contributed by atoms with Crippen LogP contribution in [0.15, 0.2) is 48.2 Å². The van der Waals surface area contributed by atoms with Crippen LogP contribution in [0.5, 0.6) is 5.75 Å². The minimum absolute atomic E-state index is 0.483. The van der Waals surface area contributed by atoms with Crippen LogP contribution in [0.2, 0.25) is 0 Å². The third-order valence-corrected chi connectivity index (χ3v) is 4.83. The van der Waals surface area contributed by atoms with E-state index in [1.165, 1.54) is 5.56 Å². The Morgan fingerprint density at radius 2 is 2.00 bits per heavy atom. The lowest BCUT2D eigenvalue weighted by atomic mass is 10.0. The molecule has 0 bridgehead atoms. The van der Waals surface area contributed by atoms with Gasteiger partial charge in [-0.15, -0.1) is 11.3 Å². The Labute approximate surface area is 161 Å². The summed E-state index contributed by atoms with van der Waals surface area (Å²) in [6.07, 6.45) is 6.30. The Hall–Kier alpha value is -2.93. The number of fused-ring (bicyclic) bond motifs is 1. The first-order valence-corrected chi connectivity index (χ1v) is 9.76. The molecule has 0 aliphatic rings. The van der Waals surface area contributed by atoms with Crippen LogP contribution in [-0.2, 0) is 13.0 Å². The van der Waals surface area contributed by atoms with Gasteiger partial charge < -0.3 is 10.1 Å². The van der Waals surface area contributed by atoms with Gasteiger partial charge in [-0.05, 0) is 47.7 Å². The third kappa shape index (κ3) is 4.09. The maximum absolute atomic E-state index is 6.14. The first-order chi connectivity index (χ1) is 13.2. The van der Waals surface area contributed by atoms with Crippen molar-refractivity contribution in [2.24, 2.45) is 5.92 Å². The molecule has 0 amide bonds. The molecule has 3 heterocycles. The normalized spacial score (nSPS) is 11.2. The number of hydrogen-bond acceptors (Lipinski definition) is 6. The molecule has 6 nitrogen and oxygen atoms in total. The second-order valence-corrected chi connectivity index (χ2v) is 7.69. The number of nitrogens with one attached hydrogen (secondary N) is 2. The van der Waals surface area contributed by atoms with Crippen molar-refractivity contribution in [3.05, 3.63) is 59.4 Å². The van der Waals surface area contributed by atoms with Gasteiger partial charge in [0, 0.05) is 29.4 Å². The van der Waals surface area contributed by atoms with Gasteiger partial charge in [0.15, 0.2) is 10.9 Å². The highest BCUT2D eigenvalue weighted by atomic mass is 32.1. The molecule has 7 heteroatoms. The van der Waals surface area contributed by atoms with Crippen LogP contribution < -0.4 is 10.1 Å². The fraction of sp³-hybridized carbons (Fsp3) is 0.250. The largest absolute Gasteiger partial charge is 0.487 e. The van der Waals surface area contributed by atoms with Crippen molar-refractivity contribution in [2.45, 2.75) is 26.9 Å². The zero-order valence-corrected chi connectivity index (χ0v) is 16.1. The number of pyridine rings is 1. The number of rotatable bonds is 7. The maximum atomic E-state index is 6.14. The quantitative estimate of drug-likeness (QED) is 0.476.